The van der Waals surface area contributed by atoms with E-state index >= 15 is 0 Å². The van der Waals surface area contributed by atoms with Gasteiger partial charge in [-0.15, -0.1) is 0 Å². The van der Waals surface area contributed by atoms with E-state index < -0.39 is 32.7 Å². The van der Waals surface area contributed by atoms with Crippen LogP contribution in [-0.2, 0) is 0 Å². The molecule has 0 saturated heterocycles. The van der Waals surface area contributed by atoms with Crippen molar-refractivity contribution >= 4 is 35.2 Å². The molecule has 3 aromatic carbocycles. The van der Waals surface area contributed by atoms with E-state index in [9.17, 15) is 30.4 Å². The van der Waals surface area contributed by atoms with Gasteiger partial charge >= 0.3 is 11.4 Å². The fourth-order valence-corrected chi connectivity index (χ4v) is 2.89. The minimum atomic E-state index is -0.722. The summed E-state index contributed by atoms with van der Waals surface area (Å²) in [5.41, 5.74) is 0.747. The zero-order chi connectivity index (χ0) is 24.8. The first-order valence-electron chi connectivity index (χ1n) is 9.52. The van der Waals surface area contributed by atoms with Crippen molar-refractivity contribution in [3.8, 4) is 23.0 Å². The molecule has 0 atom stereocenters. The molecule has 0 heterocycles. The smallest absolute Gasteiger partial charge is 0.315 e. The number of rotatable bonds is 8. The minimum absolute atomic E-state index is 0.0496. The molecule has 12 heteroatoms. The SMILES string of the molecule is COc1cc(C=Nc2ccc(N=Cc3cc(OC)c(O)c([N+](=O)[O-])c3)cc2)cc([N+](=O)[O-])c1O. The fourth-order valence-electron chi connectivity index (χ4n) is 2.89. The third-order valence-electron chi connectivity index (χ3n) is 4.56. The van der Waals surface area contributed by atoms with Gasteiger partial charge in [-0.3, -0.25) is 30.2 Å². The maximum atomic E-state index is 11.1. The number of phenolic OH excluding ortho intramolecular Hbond substituents is 2. The van der Waals surface area contributed by atoms with Crippen LogP contribution in [0.2, 0.25) is 0 Å². The van der Waals surface area contributed by atoms with Crippen molar-refractivity contribution < 1.29 is 29.5 Å². The molecule has 0 aromatic heterocycles. The summed E-state index contributed by atoms with van der Waals surface area (Å²) in [6.45, 7) is 0. The van der Waals surface area contributed by atoms with E-state index in [2.05, 4.69) is 9.98 Å². The second-order valence-electron chi connectivity index (χ2n) is 6.73. The van der Waals surface area contributed by atoms with Gasteiger partial charge in [-0.2, -0.15) is 0 Å². The summed E-state index contributed by atoms with van der Waals surface area (Å²) in [5.74, 6) is -1.23. The van der Waals surface area contributed by atoms with Crippen LogP contribution >= 0.6 is 0 Å². The first kappa shape index (κ1) is 23.7. The maximum absolute atomic E-state index is 11.1. The highest BCUT2D eigenvalue weighted by Gasteiger charge is 2.20. The topological polar surface area (TPSA) is 170 Å². The summed E-state index contributed by atoms with van der Waals surface area (Å²) < 4.78 is 9.92. The third kappa shape index (κ3) is 5.24. The zero-order valence-corrected chi connectivity index (χ0v) is 17.9. The molecule has 0 aliphatic rings. The highest BCUT2D eigenvalue weighted by Crippen LogP contribution is 2.37. The highest BCUT2D eigenvalue weighted by atomic mass is 16.6. The minimum Gasteiger partial charge on any atom is -0.500 e. The van der Waals surface area contributed by atoms with Crippen molar-refractivity contribution in [1.29, 1.82) is 0 Å². The van der Waals surface area contributed by atoms with E-state index in [1.54, 1.807) is 24.3 Å². The van der Waals surface area contributed by atoms with E-state index in [4.69, 9.17) is 9.47 Å². The van der Waals surface area contributed by atoms with Crippen molar-refractivity contribution in [2.75, 3.05) is 14.2 Å². The molecule has 0 amide bonds. The molecule has 12 nitrogen and oxygen atoms in total. The molecule has 0 saturated carbocycles. The van der Waals surface area contributed by atoms with Gasteiger partial charge in [0.1, 0.15) is 0 Å². The van der Waals surface area contributed by atoms with Crippen molar-refractivity contribution in [2.24, 2.45) is 9.98 Å². The second kappa shape index (κ2) is 10.1. The lowest BCUT2D eigenvalue weighted by Crippen LogP contribution is -1.94. The quantitative estimate of drug-likeness (QED) is 0.279. The summed E-state index contributed by atoms with van der Waals surface area (Å²) in [4.78, 5) is 29.3. The number of methoxy groups -OCH3 is 2. The molecule has 0 aliphatic heterocycles. The number of aromatic hydroxyl groups is 2. The van der Waals surface area contributed by atoms with Crippen molar-refractivity contribution in [2.45, 2.75) is 0 Å². The Morgan fingerprint density at radius 2 is 1.09 bits per heavy atom. The number of hydrogen-bond donors (Lipinski definition) is 2. The predicted molar refractivity (Wildman–Crippen MR) is 124 cm³/mol. The Morgan fingerprint density at radius 3 is 1.38 bits per heavy atom. The molecular weight excluding hydrogens is 448 g/mol. The van der Waals surface area contributed by atoms with Gasteiger partial charge in [-0.05, 0) is 36.4 Å². The van der Waals surface area contributed by atoms with Crippen molar-refractivity contribution in [1.82, 2.24) is 0 Å². The first-order chi connectivity index (χ1) is 16.2. The number of nitro benzene ring substituents is 2. The number of benzene rings is 3. The number of nitro groups is 2. The summed E-state index contributed by atoms with van der Waals surface area (Å²) in [7, 11) is 2.57. The largest absolute Gasteiger partial charge is 0.500 e. The molecule has 34 heavy (non-hydrogen) atoms. The summed E-state index contributed by atoms with van der Waals surface area (Å²) in [6, 6.07) is 11.8. The molecule has 0 unspecified atom stereocenters. The van der Waals surface area contributed by atoms with Crippen LogP contribution in [0.3, 0.4) is 0 Å². The lowest BCUT2D eigenvalue weighted by Gasteiger charge is -2.05. The van der Waals surface area contributed by atoms with Crippen molar-refractivity contribution in [3.05, 3.63) is 79.9 Å². The first-order valence-corrected chi connectivity index (χ1v) is 9.52. The van der Waals surface area contributed by atoms with Gasteiger partial charge in [0.2, 0.25) is 11.5 Å². The molecule has 0 spiro atoms. The molecule has 0 bridgehead atoms. The lowest BCUT2D eigenvalue weighted by molar-refractivity contribution is -0.386. The average Bonchev–Trinajstić information content (AvgIpc) is 2.82. The highest BCUT2D eigenvalue weighted by molar-refractivity contribution is 5.86. The number of phenols is 2. The van der Waals surface area contributed by atoms with Gasteiger partial charge < -0.3 is 19.7 Å². The Bertz CT molecular complexity index is 1200. The summed E-state index contributed by atoms with van der Waals surface area (Å²) in [5, 5.41) is 41.9. The standard InChI is InChI=1S/C22H18N4O8/c1-33-19-9-13(7-17(21(19)27)25(29)30)11-23-15-3-5-16(6-4-15)24-12-14-8-18(26(31)32)22(28)20(10-14)34-2/h3-12,27-28H,1-2H3. The molecule has 3 aromatic rings. The normalized spacial score (nSPS) is 11.1. The fraction of sp³-hybridized carbons (Fsp3) is 0.0909. The molecular formula is C22H18N4O8. The maximum Gasteiger partial charge on any atom is 0.315 e. The summed E-state index contributed by atoms with van der Waals surface area (Å²) >= 11 is 0. The Kier molecular flexibility index (Phi) is 7.01. The third-order valence-corrected chi connectivity index (χ3v) is 4.56. The van der Waals surface area contributed by atoms with Gasteiger partial charge in [0.05, 0.1) is 35.4 Å². The van der Waals surface area contributed by atoms with Gasteiger partial charge in [0.25, 0.3) is 0 Å². The Hall–Kier alpha value is -5.00. The molecule has 2 N–H and O–H groups in total. The van der Waals surface area contributed by atoms with Crippen LogP contribution in [0, 0.1) is 20.2 Å². The number of ether oxygens (including phenoxy) is 2. The molecule has 0 aliphatic carbocycles. The zero-order valence-electron chi connectivity index (χ0n) is 17.9. The monoisotopic (exact) mass is 466 g/mol. The van der Waals surface area contributed by atoms with Crippen LogP contribution in [-0.4, -0.2) is 46.7 Å². The van der Waals surface area contributed by atoms with E-state index in [1.807, 2.05) is 0 Å². The van der Waals surface area contributed by atoms with Crippen LogP contribution in [0.1, 0.15) is 11.1 Å². The number of nitrogens with zero attached hydrogens (tertiary/aromatic N) is 4. The molecule has 0 radical (unpaired) electrons. The van der Waals surface area contributed by atoms with Crippen LogP contribution in [0.4, 0.5) is 22.7 Å². The van der Waals surface area contributed by atoms with E-state index in [1.165, 1.54) is 50.9 Å². The van der Waals surface area contributed by atoms with E-state index in [0.29, 0.717) is 22.5 Å². The average molecular weight is 466 g/mol. The Labute approximate surface area is 192 Å². The van der Waals surface area contributed by atoms with E-state index in [-0.39, 0.29) is 11.5 Å². The van der Waals surface area contributed by atoms with Gasteiger partial charge in [0.15, 0.2) is 11.5 Å². The van der Waals surface area contributed by atoms with Gasteiger partial charge in [-0.1, -0.05) is 0 Å². The molecule has 3 rings (SSSR count). The number of hydrogen-bond acceptors (Lipinski definition) is 10. The number of aliphatic imine (C=N–C) groups is 2. The van der Waals surface area contributed by atoms with Crippen LogP contribution < -0.4 is 9.47 Å². The second-order valence-corrected chi connectivity index (χ2v) is 6.73. The van der Waals surface area contributed by atoms with Crippen molar-refractivity contribution in [3.63, 3.8) is 0 Å². The Morgan fingerprint density at radius 1 is 0.735 bits per heavy atom. The lowest BCUT2D eigenvalue weighted by atomic mass is 10.2. The van der Waals surface area contributed by atoms with Gasteiger partial charge in [0, 0.05) is 35.7 Å². The molecule has 0 fully saturated rings. The van der Waals surface area contributed by atoms with E-state index in [0.717, 1.165) is 0 Å². The predicted octanol–water partition coefficient (Wildman–Crippen LogP) is 4.43. The van der Waals surface area contributed by atoms with Crippen LogP contribution in [0.15, 0.2) is 58.5 Å². The van der Waals surface area contributed by atoms with Crippen LogP contribution in [0.25, 0.3) is 0 Å². The Balaban J connectivity index is 1.80. The van der Waals surface area contributed by atoms with Gasteiger partial charge in [-0.25, -0.2) is 0 Å². The summed E-state index contributed by atoms with van der Waals surface area (Å²) in [6.07, 6.45) is 2.77. The molecule has 174 valence electrons. The van der Waals surface area contributed by atoms with Crippen LogP contribution in [0.5, 0.6) is 23.0 Å².